The van der Waals surface area contributed by atoms with Gasteiger partial charge in [-0.25, -0.2) is 4.79 Å². The van der Waals surface area contributed by atoms with E-state index in [0.717, 1.165) is 17.1 Å². The monoisotopic (exact) mass is 302 g/mol. The Labute approximate surface area is 130 Å². The van der Waals surface area contributed by atoms with Crippen LogP contribution in [0.5, 0.6) is 11.5 Å². The Hall–Kier alpha value is -2.17. The molecule has 1 fully saturated rings. The Kier molecular flexibility index (Phi) is 4.51. The molecule has 0 bridgehead atoms. The van der Waals surface area contributed by atoms with E-state index in [4.69, 9.17) is 9.47 Å². The highest BCUT2D eigenvalue weighted by molar-refractivity contribution is 5.75. The molecule has 2 amide bonds. The SMILES string of the molecule is C/C(=C\NC(=O)NCc1ccc2c(c1)OCO2)C1CCCC1. The normalized spacial score (nSPS) is 17.6. The van der Waals surface area contributed by atoms with E-state index in [2.05, 4.69) is 17.6 Å². The van der Waals surface area contributed by atoms with Gasteiger partial charge in [-0.2, -0.15) is 0 Å². The second-order valence-electron chi connectivity index (χ2n) is 5.88. The van der Waals surface area contributed by atoms with E-state index in [0.29, 0.717) is 12.5 Å². The second kappa shape index (κ2) is 6.73. The molecule has 0 aromatic heterocycles. The molecule has 5 heteroatoms. The maximum atomic E-state index is 11.8. The summed E-state index contributed by atoms with van der Waals surface area (Å²) in [5.74, 6) is 2.12. The molecule has 1 aromatic carbocycles. The minimum atomic E-state index is -0.185. The summed E-state index contributed by atoms with van der Waals surface area (Å²) in [5.41, 5.74) is 2.24. The van der Waals surface area contributed by atoms with Crippen LogP contribution in [0.1, 0.15) is 38.2 Å². The van der Waals surface area contributed by atoms with Gasteiger partial charge in [0, 0.05) is 12.7 Å². The second-order valence-corrected chi connectivity index (χ2v) is 5.88. The van der Waals surface area contributed by atoms with Gasteiger partial charge in [0.2, 0.25) is 6.79 Å². The number of amides is 2. The zero-order valence-corrected chi connectivity index (χ0v) is 12.9. The first-order valence-corrected chi connectivity index (χ1v) is 7.82. The van der Waals surface area contributed by atoms with Gasteiger partial charge in [-0.05, 0) is 43.4 Å². The van der Waals surface area contributed by atoms with Crippen LogP contribution in [0, 0.1) is 5.92 Å². The number of hydrogen-bond acceptors (Lipinski definition) is 3. The molecule has 22 heavy (non-hydrogen) atoms. The quantitative estimate of drug-likeness (QED) is 0.897. The minimum Gasteiger partial charge on any atom is -0.454 e. The van der Waals surface area contributed by atoms with E-state index >= 15 is 0 Å². The highest BCUT2D eigenvalue weighted by atomic mass is 16.7. The van der Waals surface area contributed by atoms with Crippen LogP contribution in [0.15, 0.2) is 30.0 Å². The lowest BCUT2D eigenvalue weighted by Crippen LogP contribution is -2.32. The largest absolute Gasteiger partial charge is 0.454 e. The summed E-state index contributed by atoms with van der Waals surface area (Å²) in [6.07, 6.45) is 6.91. The summed E-state index contributed by atoms with van der Waals surface area (Å²) in [5, 5.41) is 5.66. The first-order valence-electron chi connectivity index (χ1n) is 7.82. The average molecular weight is 302 g/mol. The van der Waals surface area contributed by atoms with Crippen LogP contribution in [-0.2, 0) is 6.54 Å². The van der Waals surface area contributed by atoms with Crippen molar-refractivity contribution in [2.75, 3.05) is 6.79 Å². The molecule has 2 N–H and O–H groups in total. The van der Waals surface area contributed by atoms with Crippen molar-refractivity contribution < 1.29 is 14.3 Å². The van der Waals surface area contributed by atoms with Gasteiger partial charge >= 0.3 is 6.03 Å². The van der Waals surface area contributed by atoms with Crippen molar-refractivity contribution in [1.29, 1.82) is 0 Å². The molecular weight excluding hydrogens is 280 g/mol. The molecule has 0 unspecified atom stereocenters. The van der Waals surface area contributed by atoms with Crippen molar-refractivity contribution in [3.8, 4) is 11.5 Å². The number of allylic oxidation sites excluding steroid dienone is 1. The van der Waals surface area contributed by atoms with E-state index < -0.39 is 0 Å². The van der Waals surface area contributed by atoms with Crippen LogP contribution in [0.4, 0.5) is 4.79 Å². The fourth-order valence-electron chi connectivity index (χ4n) is 2.96. The third-order valence-electron chi connectivity index (χ3n) is 4.32. The topological polar surface area (TPSA) is 59.6 Å². The summed E-state index contributed by atoms with van der Waals surface area (Å²) in [6, 6.07) is 5.49. The van der Waals surface area contributed by atoms with Gasteiger partial charge in [-0.3, -0.25) is 0 Å². The molecular formula is C17H22N2O3. The molecule has 0 radical (unpaired) electrons. The summed E-state index contributed by atoms with van der Waals surface area (Å²) >= 11 is 0. The zero-order valence-electron chi connectivity index (χ0n) is 12.9. The Morgan fingerprint density at radius 1 is 1.27 bits per heavy atom. The van der Waals surface area contributed by atoms with Gasteiger partial charge < -0.3 is 20.1 Å². The van der Waals surface area contributed by atoms with Crippen molar-refractivity contribution in [3.63, 3.8) is 0 Å². The van der Waals surface area contributed by atoms with Gasteiger partial charge in [-0.1, -0.05) is 24.5 Å². The van der Waals surface area contributed by atoms with Crippen LogP contribution < -0.4 is 20.1 Å². The number of carbonyl (C=O) groups is 1. The molecule has 0 spiro atoms. The first kappa shape index (κ1) is 14.8. The fraction of sp³-hybridized carbons (Fsp3) is 0.471. The standard InChI is InChI=1S/C17H22N2O3/c1-12(14-4-2-3-5-14)9-18-17(20)19-10-13-6-7-15-16(8-13)22-11-21-15/h6-9,14H,2-5,10-11H2,1H3,(H2,18,19,20)/b12-9+. The Morgan fingerprint density at radius 2 is 2.05 bits per heavy atom. The van der Waals surface area contributed by atoms with E-state index in [1.54, 1.807) is 0 Å². The number of hydrogen-bond donors (Lipinski definition) is 2. The third-order valence-corrected chi connectivity index (χ3v) is 4.32. The third kappa shape index (κ3) is 3.53. The predicted octanol–water partition coefficient (Wildman–Crippen LogP) is 3.31. The van der Waals surface area contributed by atoms with Crippen molar-refractivity contribution in [2.24, 2.45) is 5.92 Å². The zero-order chi connectivity index (χ0) is 15.4. The summed E-state index contributed by atoms with van der Waals surface area (Å²) < 4.78 is 10.6. The number of nitrogens with one attached hydrogen (secondary N) is 2. The minimum absolute atomic E-state index is 0.185. The van der Waals surface area contributed by atoms with Crippen molar-refractivity contribution >= 4 is 6.03 Å². The van der Waals surface area contributed by atoms with Crippen LogP contribution in [0.3, 0.4) is 0 Å². The molecule has 1 aliphatic heterocycles. The molecule has 0 atom stereocenters. The van der Waals surface area contributed by atoms with Crippen LogP contribution in [0.25, 0.3) is 0 Å². The fourth-order valence-corrected chi connectivity index (χ4v) is 2.96. The van der Waals surface area contributed by atoms with E-state index in [1.165, 1.54) is 31.3 Å². The van der Waals surface area contributed by atoms with Crippen LogP contribution in [0.2, 0.25) is 0 Å². The van der Waals surface area contributed by atoms with E-state index in [1.807, 2.05) is 24.4 Å². The van der Waals surface area contributed by atoms with E-state index in [9.17, 15) is 4.79 Å². The first-order chi connectivity index (χ1) is 10.7. The number of urea groups is 1. The molecule has 0 saturated heterocycles. The van der Waals surface area contributed by atoms with Gasteiger partial charge in [0.1, 0.15) is 0 Å². The van der Waals surface area contributed by atoms with Crippen molar-refractivity contribution in [3.05, 3.63) is 35.5 Å². The number of benzene rings is 1. The molecule has 1 aromatic rings. The molecule has 2 aliphatic rings. The van der Waals surface area contributed by atoms with Crippen LogP contribution >= 0.6 is 0 Å². The molecule has 1 aliphatic carbocycles. The molecule has 1 saturated carbocycles. The van der Waals surface area contributed by atoms with Crippen LogP contribution in [-0.4, -0.2) is 12.8 Å². The molecule has 1 heterocycles. The van der Waals surface area contributed by atoms with E-state index in [-0.39, 0.29) is 12.8 Å². The van der Waals surface area contributed by atoms with Crippen molar-refractivity contribution in [1.82, 2.24) is 10.6 Å². The lowest BCUT2D eigenvalue weighted by molar-refractivity contribution is 0.174. The lowest BCUT2D eigenvalue weighted by Gasteiger charge is -2.10. The number of fused-ring (bicyclic) bond motifs is 1. The Balaban J connectivity index is 1.47. The maximum Gasteiger partial charge on any atom is 0.319 e. The number of carbonyl (C=O) groups excluding carboxylic acids is 1. The highest BCUT2D eigenvalue weighted by Crippen LogP contribution is 2.32. The Bertz CT molecular complexity index is 577. The molecule has 5 nitrogen and oxygen atoms in total. The lowest BCUT2D eigenvalue weighted by atomic mass is 10.0. The van der Waals surface area contributed by atoms with Gasteiger partial charge in [0.15, 0.2) is 11.5 Å². The smallest absolute Gasteiger partial charge is 0.319 e. The molecule has 3 rings (SSSR count). The molecule has 118 valence electrons. The average Bonchev–Trinajstić information content (AvgIpc) is 3.20. The maximum absolute atomic E-state index is 11.8. The van der Waals surface area contributed by atoms with Crippen molar-refractivity contribution in [2.45, 2.75) is 39.2 Å². The summed E-state index contributed by atoms with van der Waals surface area (Å²) in [6.45, 7) is 2.81. The van der Waals surface area contributed by atoms with Gasteiger partial charge in [0.05, 0.1) is 0 Å². The van der Waals surface area contributed by atoms with Gasteiger partial charge in [0.25, 0.3) is 0 Å². The summed E-state index contributed by atoms with van der Waals surface area (Å²) in [4.78, 5) is 11.8. The van der Waals surface area contributed by atoms with Gasteiger partial charge in [-0.15, -0.1) is 0 Å². The Morgan fingerprint density at radius 3 is 2.86 bits per heavy atom. The predicted molar refractivity (Wildman–Crippen MR) is 83.7 cm³/mol. The highest BCUT2D eigenvalue weighted by Gasteiger charge is 2.16. The number of rotatable bonds is 4. The summed E-state index contributed by atoms with van der Waals surface area (Å²) in [7, 11) is 0. The number of ether oxygens (including phenoxy) is 2.